The highest BCUT2D eigenvalue weighted by Gasteiger charge is 2.18. The first kappa shape index (κ1) is 13.1. The van der Waals surface area contributed by atoms with Gasteiger partial charge < -0.3 is 5.32 Å². The van der Waals surface area contributed by atoms with E-state index < -0.39 is 0 Å². The van der Waals surface area contributed by atoms with Crippen LogP contribution in [0.1, 0.15) is 36.1 Å². The van der Waals surface area contributed by atoms with E-state index in [0.29, 0.717) is 0 Å². The molecule has 1 aliphatic heterocycles. The summed E-state index contributed by atoms with van der Waals surface area (Å²) in [6, 6.07) is 1.88. The molecular weight excluding hydrogens is 250 g/mol. The van der Waals surface area contributed by atoms with Gasteiger partial charge in [0.25, 0.3) is 0 Å². The van der Waals surface area contributed by atoms with E-state index in [-0.39, 0.29) is 0 Å². The van der Waals surface area contributed by atoms with Crippen LogP contribution >= 0.6 is 0 Å². The van der Waals surface area contributed by atoms with Crippen molar-refractivity contribution in [2.24, 2.45) is 0 Å². The molecule has 0 unspecified atom stereocenters. The molecule has 0 saturated carbocycles. The zero-order chi connectivity index (χ0) is 13.9. The van der Waals surface area contributed by atoms with Crippen LogP contribution in [0.3, 0.4) is 0 Å². The minimum atomic E-state index is 0.736. The van der Waals surface area contributed by atoms with Gasteiger partial charge in [-0.3, -0.25) is 0 Å². The Hall–Kier alpha value is -1.88. The molecule has 1 aliphatic rings. The summed E-state index contributed by atoms with van der Waals surface area (Å²) < 4.78 is 0. The zero-order valence-electron chi connectivity index (χ0n) is 12.0. The van der Waals surface area contributed by atoms with Gasteiger partial charge in [-0.15, -0.1) is 0 Å². The van der Waals surface area contributed by atoms with Gasteiger partial charge in [0.1, 0.15) is 11.5 Å². The lowest BCUT2D eigenvalue weighted by molar-refractivity contribution is 0.615. The SMILES string of the molecule is CCCc1nc(-c2ccnc(C)n2)nc2c1CNCC2. The lowest BCUT2D eigenvalue weighted by Crippen LogP contribution is -2.27. The lowest BCUT2D eigenvalue weighted by Gasteiger charge is -2.19. The first-order chi connectivity index (χ1) is 9.78. The predicted octanol–water partition coefficient (Wildman–Crippen LogP) is 1.84. The number of nitrogens with zero attached hydrogens (tertiary/aromatic N) is 4. The average molecular weight is 269 g/mol. The molecule has 0 saturated heterocycles. The van der Waals surface area contributed by atoms with E-state index in [1.807, 2.05) is 13.0 Å². The molecule has 0 fully saturated rings. The first-order valence-electron chi connectivity index (χ1n) is 7.17. The number of hydrogen-bond acceptors (Lipinski definition) is 5. The van der Waals surface area contributed by atoms with Crippen molar-refractivity contribution >= 4 is 0 Å². The van der Waals surface area contributed by atoms with Crippen LogP contribution < -0.4 is 5.32 Å². The van der Waals surface area contributed by atoms with Crippen LogP contribution in [0.15, 0.2) is 12.3 Å². The maximum atomic E-state index is 4.75. The Bertz CT molecular complexity index is 624. The van der Waals surface area contributed by atoms with Crippen LogP contribution in [-0.4, -0.2) is 26.5 Å². The Morgan fingerprint density at radius 2 is 2.15 bits per heavy atom. The fourth-order valence-electron chi connectivity index (χ4n) is 2.55. The van der Waals surface area contributed by atoms with Gasteiger partial charge >= 0.3 is 0 Å². The second-order valence-corrected chi connectivity index (χ2v) is 5.09. The molecule has 3 heterocycles. The molecule has 104 valence electrons. The van der Waals surface area contributed by atoms with Gasteiger partial charge in [-0.2, -0.15) is 0 Å². The molecule has 20 heavy (non-hydrogen) atoms. The van der Waals surface area contributed by atoms with Crippen molar-refractivity contribution in [1.29, 1.82) is 0 Å². The van der Waals surface area contributed by atoms with Gasteiger partial charge in [0, 0.05) is 37.0 Å². The minimum Gasteiger partial charge on any atom is -0.312 e. The van der Waals surface area contributed by atoms with E-state index in [1.165, 1.54) is 11.3 Å². The monoisotopic (exact) mass is 269 g/mol. The second-order valence-electron chi connectivity index (χ2n) is 5.09. The van der Waals surface area contributed by atoms with Crippen molar-refractivity contribution in [1.82, 2.24) is 25.3 Å². The first-order valence-corrected chi connectivity index (χ1v) is 7.17. The van der Waals surface area contributed by atoms with Crippen molar-refractivity contribution in [3.05, 3.63) is 35.0 Å². The molecular formula is C15H19N5. The van der Waals surface area contributed by atoms with Crippen LogP contribution in [0, 0.1) is 6.92 Å². The van der Waals surface area contributed by atoms with Gasteiger partial charge in [0.15, 0.2) is 5.82 Å². The number of hydrogen-bond donors (Lipinski definition) is 1. The van der Waals surface area contributed by atoms with Crippen molar-refractivity contribution in [3.8, 4) is 11.5 Å². The minimum absolute atomic E-state index is 0.736. The third kappa shape index (κ3) is 2.54. The Morgan fingerprint density at radius 3 is 2.95 bits per heavy atom. The number of aryl methyl sites for hydroxylation is 2. The van der Waals surface area contributed by atoms with E-state index in [0.717, 1.165) is 55.4 Å². The summed E-state index contributed by atoms with van der Waals surface area (Å²) in [6.45, 7) is 5.93. The summed E-state index contributed by atoms with van der Waals surface area (Å²) in [5.41, 5.74) is 4.44. The fraction of sp³-hybridized carbons (Fsp3) is 0.467. The van der Waals surface area contributed by atoms with Crippen molar-refractivity contribution < 1.29 is 0 Å². The average Bonchev–Trinajstić information content (AvgIpc) is 2.47. The summed E-state index contributed by atoms with van der Waals surface area (Å²) in [6.07, 6.45) is 4.81. The number of rotatable bonds is 3. The molecule has 0 aromatic carbocycles. The van der Waals surface area contributed by atoms with E-state index >= 15 is 0 Å². The molecule has 0 spiro atoms. The topological polar surface area (TPSA) is 63.6 Å². The van der Waals surface area contributed by atoms with Crippen LogP contribution in [0.2, 0.25) is 0 Å². The Morgan fingerprint density at radius 1 is 1.25 bits per heavy atom. The maximum absolute atomic E-state index is 4.75. The summed E-state index contributed by atoms with van der Waals surface area (Å²) in [7, 11) is 0. The molecule has 5 nitrogen and oxygen atoms in total. The molecule has 5 heteroatoms. The normalized spacial score (nSPS) is 14.1. The molecule has 3 rings (SSSR count). The molecule has 0 bridgehead atoms. The quantitative estimate of drug-likeness (QED) is 0.921. The Labute approximate surface area is 118 Å². The van der Waals surface area contributed by atoms with Crippen LogP contribution in [0.25, 0.3) is 11.5 Å². The van der Waals surface area contributed by atoms with Gasteiger partial charge in [-0.1, -0.05) is 13.3 Å². The summed E-state index contributed by atoms with van der Waals surface area (Å²) in [5, 5.41) is 3.40. The van der Waals surface area contributed by atoms with E-state index in [2.05, 4.69) is 22.2 Å². The standard InChI is InChI=1S/C15H19N5/c1-3-4-12-11-9-16-7-5-13(11)20-15(19-12)14-6-8-17-10(2)18-14/h6,8,16H,3-5,7,9H2,1-2H3. The molecule has 0 radical (unpaired) electrons. The van der Waals surface area contributed by atoms with E-state index in [9.17, 15) is 0 Å². The highest BCUT2D eigenvalue weighted by atomic mass is 15.0. The highest BCUT2D eigenvalue weighted by Crippen LogP contribution is 2.21. The summed E-state index contributed by atoms with van der Waals surface area (Å²) in [4.78, 5) is 18.0. The highest BCUT2D eigenvalue weighted by molar-refractivity contribution is 5.50. The molecule has 2 aromatic rings. The number of nitrogens with one attached hydrogen (secondary N) is 1. The van der Waals surface area contributed by atoms with Crippen molar-refractivity contribution in [3.63, 3.8) is 0 Å². The molecule has 2 aromatic heterocycles. The maximum Gasteiger partial charge on any atom is 0.178 e. The predicted molar refractivity (Wildman–Crippen MR) is 77.2 cm³/mol. The second kappa shape index (κ2) is 5.63. The van der Waals surface area contributed by atoms with Gasteiger partial charge in [0.2, 0.25) is 0 Å². The van der Waals surface area contributed by atoms with E-state index in [4.69, 9.17) is 9.97 Å². The third-order valence-electron chi connectivity index (χ3n) is 3.51. The Balaban J connectivity index is 2.10. The van der Waals surface area contributed by atoms with Gasteiger partial charge in [-0.05, 0) is 19.4 Å². The summed E-state index contributed by atoms with van der Waals surface area (Å²) >= 11 is 0. The Kier molecular flexibility index (Phi) is 3.69. The van der Waals surface area contributed by atoms with Crippen molar-refractivity contribution in [2.45, 2.75) is 39.7 Å². The van der Waals surface area contributed by atoms with E-state index in [1.54, 1.807) is 6.20 Å². The molecule has 0 aliphatic carbocycles. The van der Waals surface area contributed by atoms with Crippen LogP contribution in [-0.2, 0) is 19.4 Å². The smallest absolute Gasteiger partial charge is 0.178 e. The lowest BCUT2D eigenvalue weighted by atomic mass is 10.0. The van der Waals surface area contributed by atoms with Gasteiger partial charge in [-0.25, -0.2) is 19.9 Å². The number of fused-ring (bicyclic) bond motifs is 1. The zero-order valence-corrected chi connectivity index (χ0v) is 12.0. The third-order valence-corrected chi connectivity index (χ3v) is 3.51. The number of aromatic nitrogens is 4. The molecule has 1 N–H and O–H groups in total. The largest absolute Gasteiger partial charge is 0.312 e. The fourth-order valence-corrected chi connectivity index (χ4v) is 2.55. The van der Waals surface area contributed by atoms with Crippen LogP contribution in [0.5, 0.6) is 0 Å². The van der Waals surface area contributed by atoms with Gasteiger partial charge in [0.05, 0.1) is 5.69 Å². The van der Waals surface area contributed by atoms with Crippen molar-refractivity contribution in [2.75, 3.05) is 6.54 Å². The molecule has 0 atom stereocenters. The van der Waals surface area contributed by atoms with Crippen LogP contribution in [0.4, 0.5) is 0 Å². The molecule has 0 amide bonds. The summed E-state index contributed by atoms with van der Waals surface area (Å²) in [5.74, 6) is 1.49.